The molecule has 5 rings (SSSR count). The highest BCUT2D eigenvalue weighted by Gasteiger charge is 2.24. The zero-order valence-corrected chi connectivity index (χ0v) is 20.0. The minimum absolute atomic E-state index is 0.199. The molecule has 4 aromatic rings. The van der Waals surface area contributed by atoms with Gasteiger partial charge < -0.3 is 25.8 Å². The van der Waals surface area contributed by atoms with Crippen LogP contribution in [0.3, 0.4) is 0 Å². The molecule has 1 aliphatic heterocycles. The number of benzene rings is 3. The van der Waals surface area contributed by atoms with E-state index in [0.29, 0.717) is 22.6 Å². The van der Waals surface area contributed by atoms with E-state index in [2.05, 4.69) is 55.1 Å². The van der Waals surface area contributed by atoms with Gasteiger partial charge >= 0.3 is 6.03 Å². The van der Waals surface area contributed by atoms with Gasteiger partial charge in [0.25, 0.3) is 5.91 Å². The third-order valence-corrected chi connectivity index (χ3v) is 5.95. The maximum Gasteiger partial charge on any atom is 0.323 e. The van der Waals surface area contributed by atoms with E-state index >= 15 is 0 Å². The molecule has 0 unspecified atom stereocenters. The molecule has 3 aromatic carbocycles. The van der Waals surface area contributed by atoms with Crippen molar-refractivity contribution in [3.63, 3.8) is 0 Å². The lowest BCUT2D eigenvalue weighted by atomic mass is 10.0. The molecule has 8 heteroatoms. The SMILES string of the molecule is CN(C)c1ccc(Cc2ccc(NC(=O)Nc3ccc4c(c3)NC(=O)/C4=C\c3cnc[nH]3)cc2)cc1. The second-order valence-corrected chi connectivity index (χ2v) is 8.79. The van der Waals surface area contributed by atoms with E-state index in [0.717, 1.165) is 23.2 Å². The molecule has 0 spiro atoms. The predicted molar refractivity (Wildman–Crippen MR) is 144 cm³/mol. The summed E-state index contributed by atoms with van der Waals surface area (Å²) in [7, 11) is 4.05. The second-order valence-electron chi connectivity index (χ2n) is 8.79. The molecule has 1 aliphatic rings. The number of hydrogen-bond donors (Lipinski definition) is 4. The highest BCUT2D eigenvalue weighted by atomic mass is 16.2. The van der Waals surface area contributed by atoms with Crippen molar-refractivity contribution in [3.8, 4) is 0 Å². The van der Waals surface area contributed by atoms with Gasteiger partial charge in [0.05, 0.1) is 29.5 Å². The van der Waals surface area contributed by atoms with Crippen LogP contribution in [-0.2, 0) is 11.2 Å². The summed E-state index contributed by atoms with van der Waals surface area (Å²) < 4.78 is 0. The van der Waals surface area contributed by atoms with E-state index in [-0.39, 0.29) is 11.9 Å². The van der Waals surface area contributed by atoms with Gasteiger partial charge in [0.15, 0.2) is 0 Å². The number of imidazole rings is 1. The fourth-order valence-electron chi connectivity index (χ4n) is 4.06. The molecule has 0 fully saturated rings. The van der Waals surface area contributed by atoms with Crippen LogP contribution in [0.4, 0.5) is 27.5 Å². The van der Waals surface area contributed by atoms with Gasteiger partial charge in [0.2, 0.25) is 0 Å². The first-order valence-electron chi connectivity index (χ1n) is 11.5. The lowest BCUT2D eigenvalue weighted by molar-refractivity contribution is -0.110. The van der Waals surface area contributed by atoms with Crippen molar-refractivity contribution in [1.29, 1.82) is 0 Å². The molecule has 3 amide bonds. The van der Waals surface area contributed by atoms with Crippen LogP contribution in [0.25, 0.3) is 11.6 Å². The van der Waals surface area contributed by atoms with Crippen molar-refractivity contribution in [2.45, 2.75) is 6.42 Å². The second kappa shape index (κ2) is 9.79. The van der Waals surface area contributed by atoms with E-state index in [9.17, 15) is 9.59 Å². The number of aromatic nitrogens is 2. The molecule has 0 radical (unpaired) electrons. The van der Waals surface area contributed by atoms with Gasteiger partial charge in [-0.2, -0.15) is 0 Å². The van der Waals surface area contributed by atoms with Gasteiger partial charge in [-0.05, 0) is 60.0 Å². The van der Waals surface area contributed by atoms with Gasteiger partial charge in [-0.25, -0.2) is 9.78 Å². The molecule has 8 nitrogen and oxygen atoms in total. The highest BCUT2D eigenvalue weighted by Crippen LogP contribution is 2.34. The molecule has 0 aliphatic carbocycles. The number of carbonyl (C=O) groups excluding carboxylic acids is 2. The fourth-order valence-corrected chi connectivity index (χ4v) is 4.06. The van der Waals surface area contributed by atoms with Crippen LogP contribution in [0.15, 0.2) is 79.3 Å². The Morgan fingerprint density at radius 2 is 1.61 bits per heavy atom. The van der Waals surface area contributed by atoms with Crippen LogP contribution in [0.1, 0.15) is 22.4 Å². The third kappa shape index (κ3) is 5.12. The number of hydrogen-bond acceptors (Lipinski definition) is 4. The van der Waals surface area contributed by atoms with Gasteiger partial charge in [0, 0.05) is 36.7 Å². The van der Waals surface area contributed by atoms with E-state index in [1.807, 2.05) is 44.4 Å². The minimum Gasteiger partial charge on any atom is -0.378 e. The summed E-state index contributed by atoms with van der Waals surface area (Å²) in [5.41, 5.74) is 7.52. The standard InChI is InChI=1S/C28H26N6O2/c1-34(2)23-10-5-19(6-11-23)13-18-3-7-20(8-4-18)31-28(36)32-21-9-12-24-25(14-22-16-29-17-30-22)27(35)33-26(24)15-21/h3-12,14-17H,13H2,1-2H3,(H,29,30)(H,33,35)(H2,31,32,36)/b25-14-. The smallest absolute Gasteiger partial charge is 0.323 e. The maximum atomic E-state index is 12.5. The van der Waals surface area contributed by atoms with E-state index < -0.39 is 0 Å². The Bertz CT molecular complexity index is 1420. The van der Waals surface area contributed by atoms with Gasteiger partial charge in [-0.15, -0.1) is 0 Å². The topological polar surface area (TPSA) is 102 Å². The first-order chi connectivity index (χ1) is 17.4. The predicted octanol–water partition coefficient (Wildman–Crippen LogP) is 5.20. The molecule has 36 heavy (non-hydrogen) atoms. The Balaban J connectivity index is 1.20. The van der Waals surface area contributed by atoms with Crippen molar-refractivity contribution in [1.82, 2.24) is 9.97 Å². The number of nitrogens with zero attached hydrogens (tertiary/aromatic N) is 2. The number of rotatable bonds is 6. The molecule has 0 bridgehead atoms. The monoisotopic (exact) mass is 478 g/mol. The molecule has 1 aromatic heterocycles. The Hall–Kier alpha value is -4.85. The summed E-state index contributed by atoms with van der Waals surface area (Å²) in [6.45, 7) is 0. The number of fused-ring (bicyclic) bond motifs is 1. The molecular formula is C28H26N6O2. The quantitative estimate of drug-likeness (QED) is 0.286. The number of amides is 3. The number of urea groups is 1. The van der Waals surface area contributed by atoms with Crippen molar-refractivity contribution in [2.24, 2.45) is 0 Å². The molecule has 2 heterocycles. The van der Waals surface area contributed by atoms with Crippen LogP contribution in [0.5, 0.6) is 0 Å². The van der Waals surface area contributed by atoms with Crippen molar-refractivity contribution < 1.29 is 9.59 Å². The average Bonchev–Trinajstić information content (AvgIpc) is 3.48. The summed E-state index contributed by atoms with van der Waals surface area (Å²) in [6.07, 6.45) is 5.77. The summed E-state index contributed by atoms with van der Waals surface area (Å²) in [5.74, 6) is -0.199. The summed E-state index contributed by atoms with van der Waals surface area (Å²) in [6, 6.07) is 21.2. The molecule has 180 valence electrons. The molecular weight excluding hydrogens is 452 g/mol. The number of aromatic amines is 1. The van der Waals surface area contributed by atoms with Crippen molar-refractivity contribution in [3.05, 3.63) is 102 Å². The average molecular weight is 479 g/mol. The van der Waals surface area contributed by atoms with Crippen LogP contribution < -0.4 is 20.9 Å². The van der Waals surface area contributed by atoms with E-state index in [4.69, 9.17) is 0 Å². The molecule has 0 saturated heterocycles. The van der Waals surface area contributed by atoms with Gasteiger partial charge in [0.1, 0.15) is 0 Å². The van der Waals surface area contributed by atoms with E-state index in [1.165, 1.54) is 11.3 Å². The van der Waals surface area contributed by atoms with Crippen LogP contribution in [0, 0.1) is 0 Å². The zero-order chi connectivity index (χ0) is 25.1. The lowest BCUT2D eigenvalue weighted by Gasteiger charge is -2.13. The minimum atomic E-state index is -0.362. The lowest BCUT2D eigenvalue weighted by Crippen LogP contribution is -2.19. The van der Waals surface area contributed by atoms with Crippen LogP contribution >= 0.6 is 0 Å². The van der Waals surface area contributed by atoms with E-state index in [1.54, 1.807) is 30.7 Å². The first kappa shape index (κ1) is 22.9. The maximum absolute atomic E-state index is 12.5. The Morgan fingerprint density at radius 1 is 0.944 bits per heavy atom. The number of anilines is 4. The van der Waals surface area contributed by atoms with Gasteiger partial charge in [-0.1, -0.05) is 30.3 Å². The summed E-state index contributed by atoms with van der Waals surface area (Å²) in [4.78, 5) is 34.0. The number of H-pyrrole nitrogens is 1. The first-order valence-corrected chi connectivity index (χ1v) is 11.5. The van der Waals surface area contributed by atoms with Crippen LogP contribution in [-0.4, -0.2) is 36.0 Å². The number of nitrogens with one attached hydrogen (secondary N) is 4. The summed E-state index contributed by atoms with van der Waals surface area (Å²) >= 11 is 0. The summed E-state index contributed by atoms with van der Waals surface area (Å²) in [5, 5.41) is 8.52. The van der Waals surface area contributed by atoms with Crippen molar-refractivity contribution >= 4 is 46.3 Å². The zero-order valence-electron chi connectivity index (χ0n) is 20.0. The normalized spacial score (nSPS) is 13.3. The Morgan fingerprint density at radius 3 is 2.28 bits per heavy atom. The molecule has 0 atom stereocenters. The fraction of sp³-hybridized carbons (Fsp3) is 0.107. The Labute approximate surface area is 209 Å². The number of carbonyl (C=O) groups is 2. The van der Waals surface area contributed by atoms with Crippen molar-refractivity contribution in [2.75, 3.05) is 34.9 Å². The molecule has 4 N–H and O–H groups in total. The Kier molecular flexibility index (Phi) is 6.23. The highest BCUT2D eigenvalue weighted by molar-refractivity contribution is 6.35. The third-order valence-electron chi connectivity index (χ3n) is 5.95. The largest absolute Gasteiger partial charge is 0.378 e. The van der Waals surface area contributed by atoms with Gasteiger partial charge in [-0.3, -0.25) is 4.79 Å². The van der Waals surface area contributed by atoms with Crippen LogP contribution in [0.2, 0.25) is 0 Å². The molecule has 0 saturated carbocycles.